The second kappa shape index (κ2) is 8.57. The number of carbonyl (C=O) groups excluding carboxylic acids is 2. The van der Waals surface area contributed by atoms with Crippen molar-refractivity contribution in [1.82, 2.24) is 9.97 Å². The topological polar surface area (TPSA) is 72.0 Å². The van der Waals surface area contributed by atoms with E-state index in [1.165, 1.54) is 5.56 Å². The Labute approximate surface area is 176 Å². The fraction of sp³-hybridized carbons (Fsp3) is 0.280. The van der Waals surface area contributed by atoms with Gasteiger partial charge < -0.3 is 0 Å². The lowest BCUT2D eigenvalue weighted by Gasteiger charge is -2.23. The Balaban J connectivity index is 1.49. The average molecular weight is 399 g/mol. The minimum atomic E-state index is -0.177. The number of Topliss-reactive ketones (excluding diaryl/α,β-unsaturated/α-hetero) is 1. The van der Waals surface area contributed by atoms with Crippen LogP contribution >= 0.6 is 0 Å². The van der Waals surface area contributed by atoms with Crippen LogP contribution in [-0.4, -0.2) is 21.7 Å². The van der Waals surface area contributed by atoms with Crippen molar-refractivity contribution in [3.05, 3.63) is 88.7 Å². The molecule has 1 amide bonds. The second-order valence-electron chi connectivity index (χ2n) is 8.11. The Morgan fingerprint density at radius 3 is 2.50 bits per heavy atom. The predicted molar refractivity (Wildman–Crippen MR) is 117 cm³/mol. The number of hydrogen-bond donors (Lipinski definition) is 1. The first-order valence-corrected chi connectivity index (χ1v) is 10.3. The summed E-state index contributed by atoms with van der Waals surface area (Å²) in [6.07, 6.45) is 2.91. The smallest absolute Gasteiger partial charge is 0.231 e. The normalized spacial score (nSPS) is 15.7. The van der Waals surface area contributed by atoms with E-state index in [9.17, 15) is 9.59 Å². The number of rotatable bonds is 5. The van der Waals surface area contributed by atoms with Crippen molar-refractivity contribution in [1.29, 1.82) is 0 Å². The fourth-order valence-corrected chi connectivity index (χ4v) is 3.84. The number of benzene rings is 2. The molecule has 0 saturated carbocycles. The molecular weight excluding hydrogens is 374 g/mol. The summed E-state index contributed by atoms with van der Waals surface area (Å²) in [7, 11) is 0. The van der Waals surface area contributed by atoms with Crippen LogP contribution in [0.1, 0.15) is 64.8 Å². The first-order valence-electron chi connectivity index (χ1n) is 10.3. The van der Waals surface area contributed by atoms with Crippen molar-refractivity contribution >= 4 is 17.6 Å². The molecular formula is C25H25N3O2. The number of aromatic nitrogens is 2. The molecule has 2 aromatic carbocycles. The van der Waals surface area contributed by atoms with Crippen LogP contribution in [0, 0.1) is 0 Å². The summed E-state index contributed by atoms with van der Waals surface area (Å²) in [6.45, 7) is 4.33. The molecule has 152 valence electrons. The molecule has 1 aliphatic carbocycles. The van der Waals surface area contributed by atoms with Crippen LogP contribution in [0.15, 0.2) is 60.8 Å². The molecule has 0 fully saturated rings. The highest BCUT2D eigenvalue weighted by Crippen LogP contribution is 2.32. The van der Waals surface area contributed by atoms with Crippen molar-refractivity contribution in [2.45, 2.75) is 44.9 Å². The van der Waals surface area contributed by atoms with Gasteiger partial charge >= 0.3 is 0 Å². The number of ketones is 1. The van der Waals surface area contributed by atoms with Gasteiger partial charge in [-0.15, -0.1) is 0 Å². The predicted octanol–water partition coefficient (Wildman–Crippen LogP) is 4.69. The van der Waals surface area contributed by atoms with Gasteiger partial charge in [-0.3, -0.25) is 14.9 Å². The van der Waals surface area contributed by atoms with Crippen LogP contribution in [0.2, 0.25) is 0 Å². The standard InChI is InChI=1S/C25H25N3O2/c1-16(2)18-8-10-19(11-9-18)20-13-22-21(23(29)14-20)15-26-25(27-22)28-24(30)12-17-6-4-3-5-7-17/h3-11,15-16,20H,12-14H2,1-2H3,(H,26,27,28,30). The summed E-state index contributed by atoms with van der Waals surface area (Å²) in [6, 6.07) is 18.0. The minimum absolute atomic E-state index is 0.0522. The number of carbonyl (C=O) groups is 2. The van der Waals surface area contributed by atoms with Gasteiger partial charge in [0.1, 0.15) is 0 Å². The van der Waals surface area contributed by atoms with Crippen LogP contribution < -0.4 is 5.32 Å². The Kier molecular flexibility index (Phi) is 5.70. The van der Waals surface area contributed by atoms with E-state index in [0.717, 1.165) is 11.1 Å². The van der Waals surface area contributed by atoms with Crippen molar-refractivity contribution in [3.8, 4) is 0 Å². The Morgan fingerprint density at radius 2 is 1.80 bits per heavy atom. The van der Waals surface area contributed by atoms with E-state index in [2.05, 4.69) is 53.4 Å². The van der Waals surface area contributed by atoms with E-state index in [1.54, 1.807) is 6.20 Å². The zero-order valence-electron chi connectivity index (χ0n) is 17.3. The number of hydrogen-bond acceptors (Lipinski definition) is 4. The quantitative estimate of drug-likeness (QED) is 0.675. The molecule has 5 heteroatoms. The van der Waals surface area contributed by atoms with E-state index in [4.69, 9.17) is 0 Å². The molecule has 1 aliphatic rings. The van der Waals surface area contributed by atoms with Gasteiger partial charge in [-0.1, -0.05) is 68.4 Å². The molecule has 1 N–H and O–H groups in total. The van der Waals surface area contributed by atoms with E-state index < -0.39 is 0 Å². The highest BCUT2D eigenvalue weighted by Gasteiger charge is 2.28. The molecule has 0 spiro atoms. The van der Waals surface area contributed by atoms with Crippen molar-refractivity contribution in [2.75, 3.05) is 5.32 Å². The zero-order valence-corrected chi connectivity index (χ0v) is 17.3. The minimum Gasteiger partial charge on any atom is -0.294 e. The van der Waals surface area contributed by atoms with E-state index in [0.29, 0.717) is 30.0 Å². The molecule has 0 saturated heterocycles. The van der Waals surface area contributed by atoms with Gasteiger partial charge in [0.15, 0.2) is 5.78 Å². The number of anilines is 1. The van der Waals surface area contributed by atoms with Crippen LogP contribution in [-0.2, 0) is 17.6 Å². The van der Waals surface area contributed by atoms with Gasteiger partial charge in [0.2, 0.25) is 11.9 Å². The number of amides is 1. The zero-order chi connectivity index (χ0) is 21.1. The lowest BCUT2D eigenvalue weighted by Crippen LogP contribution is -2.23. The van der Waals surface area contributed by atoms with Gasteiger partial charge in [0.25, 0.3) is 0 Å². The summed E-state index contributed by atoms with van der Waals surface area (Å²) in [5, 5.41) is 2.76. The van der Waals surface area contributed by atoms with Gasteiger partial charge in [0, 0.05) is 12.6 Å². The maximum absolute atomic E-state index is 12.7. The SMILES string of the molecule is CC(C)c1ccc(C2CC(=O)c3cnc(NC(=O)Cc4ccccc4)nc3C2)cc1. The molecule has 0 radical (unpaired) electrons. The third kappa shape index (κ3) is 4.46. The number of nitrogens with one attached hydrogen (secondary N) is 1. The molecule has 1 atom stereocenters. The Hall–Kier alpha value is -3.34. The maximum Gasteiger partial charge on any atom is 0.231 e. The monoisotopic (exact) mass is 399 g/mol. The first kappa shape index (κ1) is 20.0. The molecule has 1 heterocycles. The summed E-state index contributed by atoms with van der Waals surface area (Å²) < 4.78 is 0. The van der Waals surface area contributed by atoms with Gasteiger partial charge in [0.05, 0.1) is 17.7 Å². The summed E-state index contributed by atoms with van der Waals surface area (Å²) in [4.78, 5) is 33.7. The van der Waals surface area contributed by atoms with Crippen LogP contribution in [0.4, 0.5) is 5.95 Å². The fourth-order valence-electron chi connectivity index (χ4n) is 3.84. The molecule has 30 heavy (non-hydrogen) atoms. The Bertz CT molecular complexity index is 1060. The molecule has 5 nitrogen and oxygen atoms in total. The highest BCUT2D eigenvalue weighted by molar-refractivity contribution is 5.99. The van der Waals surface area contributed by atoms with E-state index in [-0.39, 0.29) is 30.0 Å². The van der Waals surface area contributed by atoms with Gasteiger partial charge in [-0.25, -0.2) is 9.97 Å². The maximum atomic E-state index is 12.7. The van der Waals surface area contributed by atoms with Crippen LogP contribution in [0.3, 0.4) is 0 Å². The third-order valence-electron chi connectivity index (χ3n) is 5.57. The molecule has 0 bridgehead atoms. The largest absolute Gasteiger partial charge is 0.294 e. The number of fused-ring (bicyclic) bond motifs is 1. The van der Waals surface area contributed by atoms with Crippen molar-refractivity contribution in [3.63, 3.8) is 0 Å². The van der Waals surface area contributed by atoms with Crippen molar-refractivity contribution < 1.29 is 9.59 Å². The molecule has 1 unspecified atom stereocenters. The molecule has 0 aliphatic heterocycles. The molecule has 1 aromatic heterocycles. The number of nitrogens with zero attached hydrogens (tertiary/aromatic N) is 2. The second-order valence-corrected chi connectivity index (χ2v) is 8.11. The van der Waals surface area contributed by atoms with Gasteiger partial charge in [-0.05, 0) is 34.9 Å². The molecule has 3 aromatic rings. The third-order valence-corrected chi connectivity index (χ3v) is 5.57. The van der Waals surface area contributed by atoms with Gasteiger partial charge in [-0.2, -0.15) is 0 Å². The lowest BCUT2D eigenvalue weighted by molar-refractivity contribution is -0.115. The summed E-state index contributed by atoms with van der Waals surface area (Å²) in [5.41, 5.74) is 4.62. The summed E-state index contributed by atoms with van der Waals surface area (Å²) >= 11 is 0. The Morgan fingerprint density at radius 1 is 1.07 bits per heavy atom. The average Bonchev–Trinajstić information content (AvgIpc) is 2.74. The lowest BCUT2D eigenvalue weighted by atomic mass is 9.81. The van der Waals surface area contributed by atoms with Crippen LogP contribution in [0.25, 0.3) is 0 Å². The van der Waals surface area contributed by atoms with Crippen LogP contribution in [0.5, 0.6) is 0 Å². The highest BCUT2D eigenvalue weighted by atomic mass is 16.1. The molecule has 4 rings (SSSR count). The van der Waals surface area contributed by atoms with Crippen molar-refractivity contribution in [2.24, 2.45) is 0 Å². The first-order chi connectivity index (χ1) is 14.5. The van der Waals surface area contributed by atoms with E-state index in [1.807, 2.05) is 30.3 Å². The summed E-state index contributed by atoms with van der Waals surface area (Å²) in [5.74, 6) is 0.690. The van der Waals surface area contributed by atoms with E-state index >= 15 is 0 Å².